The Morgan fingerprint density at radius 1 is 0.421 bits per heavy atom. The fourth-order valence-electron chi connectivity index (χ4n) is 7.37. The standard InChI is InChI=1S/C48H94N2O7/c1-7-13-17-19-23-29-35-46(51)54-41-39-50(38-37-49(11-5)12-6)40-42-55-48(53)57-45(33-27-18-14-8-2)34-28-22-20-21-24-30-36-47(52)56-43-44(31-25-15-9-3)32-26-16-10-4/h44-45H,7-43H2,1-6H3. The number of likely N-dealkylation sites (N-methyl/N-ethyl adjacent to an activating group) is 1. The van der Waals surface area contributed by atoms with Crippen molar-refractivity contribution in [3.63, 3.8) is 0 Å². The molecule has 9 heteroatoms. The number of esters is 2. The van der Waals surface area contributed by atoms with Crippen LogP contribution in [0.2, 0.25) is 0 Å². The second-order valence-corrected chi connectivity index (χ2v) is 16.5. The van der Waals surface area contributed by atoms with Gasteiger partial charge < -0.3 is 23.8 Å². The summed E-state index contributed by atoms with van der Waals surface area (Å²) in [6.45, 7) is 19.3. The number of hydrogen-bond donors (Lipinski definition) is 0. The Hall–Kier alpha value is -1.87. The van der Waals surface area contributed by atoms with Crippen molar-refractivity contribution in [2.24, 2.45) is 5.92 Å². The van der Waals surface area contributed by atoms with E-state index in [1.54, 1.807) is 0 Å². The average Bonchev–Trinajstić information content (AvgIpc) is 3.20. The van der Waals surface area contributed by atoms with E-state index in [9.17, 15) is 14.4 Å². The maximum atomic E-state index is 12.9. The molecular weight excluding hydrogens is 717 g/mol. The SMILES string of the molecule is CCCCCCCCC(=O)OCCN(CCOC(=O)OC(CCCCCC)CCCCCCCCC(=O)OCC(CCCCC)CCCCC)CCN(CC)CC. The summed E-state index contributed by atoms with van der Waals surface area (Å²) in [5, 5.41) is 0. The van der Waals surface area contributed by atoms with E-state index in [1.807, 2.05) is 0 Å². The molecule has 9 nitrogen and oxygen atoms in total. The summed E-state index contributed by atoms with van der Waals surface area (Å²) in [5.74, 6) is 0.360. The molecule has 0 aliphatic carbocycles. The summed E-state index contributed by atoms with van der Waals surface area (Å²) in [5.41, 5.74) is 0. The van der Waals surface area contributed by atoms with Gasteiger partial charge in [-0.1, -0.05) is 157 Å². The topological polar surface area (TPSA) is 94.6 Å². The van der Waals surface area contributed by atoms with Crippen molar-refractivity contribution < 1.29 is 33.3 Å². The highest BCUT2D eigenvalue weighted by molar-refractivity contribution is 5.69. The van der Waals surface area contributed by atoms with Crippen LogP contribution in [0.3, 0.4) is 0 Å². The van der Waals surface area contributed by atoms with Crippen molar-refractivity contribution >= 4 is 18.1 Å². The van der Waals surface area contributed by atoms with Crippen molar-refractivity contribution in [2.45, 2.75) is 227 Å². The van der Waals surface area contributed by atoms with Crippen LogP contribution in [0.15, 0.2) is 0 Å². The smallest absolute Gasteiger partial charge is 0.465 e. The van der Waals surface area contributed by atoms with Gasteiger partial charge in [-0.05, 0) is 70.4 Å². The van der Waals surface area contributed by atoms with Gasteiger partial charge in [-0.3, -0.25) is 14.5 Å². The Morgan fingerprint density at radius 2 is 0.825 bits per heavy atom. The van der Waals surface area contributed by atoms with Crippen molar-refractivity contribution in [1.29, 1.82) is 0 Å². The summed E-state index contributed by atoms with van der Waals surface area (Å²) in [4.78, 5) is 42.2. The van der Waals surface area contributed by atoms with E-state index in [0.717, 1.165) is 103 Å². The minimum absolute atomic E-state index is 0.0344. The van der Waals surface area contributed by atoms with Crippen LogP contribution in [0.25, 0.3) is 0 Å². The zero-order valence-corrected chi connectivity index (χ0v) is 38.6. The Morgan fingerprint density at radius 3 is 1.35 bits per heavy atom. The molecule has 0 fully saturated rings. The fraction of sp³-hybridized carbons (Fsp3) is 0.938. The molecule has 0 aromatic heterocycles. The van der Waals surface area contributed by atoms with Crippen molar-refractivity contribution in [3.8, 4) is 0 Å². The molecule has 0 saturated heterocycles. The van der Waals surface area contributed by atoms with Gasteiger partial charge in [-0.2, -0.15) is 0 Å². The first-order chi connectivity index (χ1) is 27.8. The first kappa shape index (κ1) is 55.1. The van der Waals surface area contributed by atoms with Crippen LogP contribution < -0.4 is 0 Å². The van der Waals surface area contributed by atoms with Crippen molar-refractivity contribution in [2.75, 3.05) is 59.1 Å². The van der Waals surface area contributed by atoms with E-state index < -0.39 is 6.16 Å². The third-order valence-corrected chi connectivity index (χ3v) is 11.4. The Balaban J connectivity index is 4.59. The summed E-state index contributed by atoms with van der Waals surface area (Å²) in [7, 11) is 0. The van der Waals surface area contributed by atoms with E-state index in [-0.39, 0.29) is 24.6 Å². The number of carbonyl (C=O) groups is 3. The van der Waals surface area contributed by atoms with Gasteiger partial charge in [0.15, 0.2) is 0 Å². The molecule has 0 N–H and O–H groups in total. The minimum atomic E-state index is -0.579. The predicted octanol–water partition coefficient (Wildman–Crippen LogP) is 12.9. The van der Waals surface area contributed by atoms with Crippen LogP contribution in [0.5, 0.6) is 0 Å². The lowest BCUT2D eigenvalue weighted by Gasteiger charge is -2.26. The fourth-order valence-corrected chi connectivity index (χ4v) is 7.37. The van der Waals surface area contributed by atoms with Crippen molar-refractivity contribution in [1.82, 2.24) is 9.80 Å². The normalized spacial score (nSPS) is 12.1. The molecule has 0 aliphatic heterocycles. The summed E-state index contributed by atoms with van der Waals surface area (Å²) in [6.07, 6.45) is 29.5. The second-order valence-electron chi connectivity index (χ2n) is 16.5. The number of ether oxygens (including phenoxy) is 4. The lowest BCUT2D eigenvalue weighted by molar-refractivity contribution is -0.145. The lowest BCUT2D eigenvalue weighted by Crippen LogP contribution is -2.39. The largest absolute Gasteiger partial charge is 0.508 e. The van der Waals surface area contributed by atoms with Gasteiger partial charge in [0.25, 0.3) is 0 Å². The number of hydrogen-bond acceptors (Lipinski definition) is 9. The van der Waals surface area contributed by atoms with Gasteiger partial charge in [-0.15, -0.1) is 0 Å². The van der Waals surface area contributed by atoms with Crippen LogP contribution in [0.1, 0.15) is 221 Å². The van der Waals surface area contributed by atoms with Gasteiger partial charge >= 0.3 is 18.1 Å². The molecule has 57 heavy (non-hydrogen) atoms. The molecule has 0 bridgehead atoms. The van der Waals surface area contributed by atoms with Crippen LogP contribution in [0.4, 0.5) is 4.79 Å². The molecule has 0 aliphatic rings. The Labute approximate surface area is 352 Å². The summed E-state index contributed by atoms with van der Waals surface area (Å²) < 4.78 is 22.8. The molecule has 0 saturated carbocycles. The molecule has 0 heterocycles. The number of rotatable bonds is 43. The molecule has 1 atom stereocenters. The third kappa shape index (κ3) is 36.9. The minimum Gasteiger partial charge on any atom is -0.465 e. The second kappa shape index (κ2) is 42.3. The maximum absolute atomic E-state index is 12.9. The third-order valence-electron chi connectivity index (χ3n) is 11.4. The highest BCUT2D eigenvalue weighted by atomic mass is 16.7. The summed E-state index contributed by atoms with van der Waals surface area (Å²) >= 11 is 0. The average molecular weight is 811 g/mol. The van der Waals surface area contributed by atoms with Crippen LogP contribution in [-0.2, 0) is 28.5 Å². The molecule has 0 rings (SSSR count). The van der Waals surface area contributed by atoms with Gasteiger partial charge in [0, 0.05) is 39.0 Å². The van der Waals surface area contributed by atoms with E-state index in [2.05, 4.69) is 51.3 Å². The van der Waals surface area contributed by atoms with Gasteiger partial charge in [0.1, 0.15) is 19.3 Å². The predicted molar refractivity (Wildman–Crippen MR) is 238 cm³/mol. The number of carbonyl (C=O) groups excluding carboxylic acids is 3. The monoisotopic (exact) mass is 811 g/mol. The molecule has 1 unspecified atom stereocenters. The molecule has 338 valence electrons. The van der Waals surface area contributed by atoms with Gasteiger partial charge in [-0.25, -0.2) is 4.79 Å². The molecular formula is C48H94N2O7. The zero-order valence-electron chi connectivity index (χ0n) is 38.6. The summed E-state index contributed by atoms with van der Waals surface area (Å²) in [6, 6.07) is 0. The Bertz CT molecular complexity index is 890. The number of nitrogens with zero attached hydrogens (tertiary/aromatic N) is 2. The van der Waals surface area contributed by atoms with E-state index in [0.29, 0.717) is 45.1 Å². The molecule has 0 spiro atoms. The highest BCUT2D eigenvalue weighted by Gasteiger charge is 2.17. The zero-order chi connectivity index (χ0) is 42.0. The lowest BCUT2D eigenvalue weighted by atomic mass is 9.96. The first-order valence-corrected chi connectivity index (χ1v) is 24.4. The number of unbranched alkanes of at least 4 members (excludes halogenated alkanes) is 17. The van der Waals surface area contributed by atoms with Gasteiger partial charge in [0.05, 0.1) is 6.61 Å². The van der Waals surface area contributed by atoms with Crippen LogP contribution in [0, 0.1) is 5.92 Å². The van der Waals surface area contributed by atoms with Crippen LogP contribution >= 0.6 is 0 Å². The van der Waals surface area contributed by atoms with Crippen LogP contribution in [-0.4, -0.2) is 93.1 Å². The molecule has 0 aromatic rings. The Kier molecular flexibility index (Phi) is 40.9. The molecule has 0 aromatic carbocycles. The molecule has 0 radical (unpaired) electrons. The first-order valence-electron chi connectivity index (χ1n) is 24.4. The quantitative estimate of drug-likeness (QED) is 0.0339. The van der Waals surface area contributed by atoms with E-state index >= 15 is 0 Å². The molecule has 0 amide bonds. The van der Waals surface area contributed by atoms with Gasteiger partial charge in [0.2, 0.25) is 0 Å². The highest BCUT2D eigenvalue weighted by Crippen LogP contribution is 2.20. The van der Waals surface area contributed by atoms with E-state index in [4.69, 9.17) is 18.9 Å². The van der Waals surface area contributed by atoms with Crippen molar-refractivity contribution in [3.05, 3.63) is 0 Å². The maximum Gasteiger partial charge on any atom is 0.508 e. The van der Waals surface area contributed by atoms with E-state index in [1.165, 1.54) is 89.9 Å².